The Hall–Kier alpha value is -0.640. The van der Waals surface area contributed by atoms with Crippen molar-refractivity contribution in [3.8, 4) is 0 Å². The molecule has 1 fully saturated rings. The molecule has 0 bridgehead atoms. The highest BCUT2D eigenvalue weighted by Crippen LogP contribution is 2.30. The van der Waals surface area contributed by atoms with E-state index in [0.717, 1.165) is 12.2 Å². The number of benzene rings is 1. The molecule has 100 valence electrons. The number of rotatable bonds is 3. The van der Waals surface area contributed by atoms with Crippen molar-refractivity contribution in [3.05, 3.63) is 22.2 Å². The number of anilines is 2. The molecule has 0 aromatic heterocycles. The maximum absolute atomic E-state index is 6.00. The molecule has 1 unspecified atom stereocenters. The summed E-state index contributed by atoms with van der Waals surface area (Å²) in [6.07, 6.45) is 3.82. The van der Waals surface area contributed by atoms with Crippen LogP contribution in [-0.2, 0) is 0 Å². The van der Waals surface area contributed by atoms with Crippen LogP contribution in [0.3, 0.4) is 0 Å². The molecule has 1 saturated heterocycles. The van der Waals surface area contributed by atoms with Crippen molar-refractivity contribution >= 4 is 34.6 Å². The zero-order chi connectivity index (χ0) is 13.1. The summed E-state index contributed by atoms with van der Waals surface area (Å²) in [5, 5.41) is 4.40. The van der Waals surface area contributed by atoms with Crippen molar-refractivity contribution in [2.45, 2.75) is 25.3 Å². The van der Waals surface area contributed by atoms with Gasteiger partial charge in [0.1, 0.15) is 0 Å². The van der Waals surface area contributed by atoms with Crippen molar-refractivity contribution < 1.29 is 0 Å². The van der Waals surface area contributed by atoms with Crippen LogP contribution < -0.4 is 11.1 Å². The quantitative estimate of drug-likeness (QED) is 0.837. The van der Waals surface area contributed by atoms with Gasteiger partial charge in [-0.1, -0.05) is 29.6 Å². The number of nitrogen functional groups attached to an aromatic ring is 1. The van der Waals surface area contributed by atoms with Gasteiger partial charge in [-0.2, -0.15) is 0 Å². The van der Waals surface area contributed by atoms with Crippen molar-refractivity contribution in [2.75, 3.05) is 31.2 Å². The van der Waals surface area contributed by atoms with E-state index in [1.54, 1.807) is 12.1 Å². The van der Waals surface area contributed by atoms with Crippen LogP contribution in [0.4, 0.5) is 11.4 Å². The molecular weight excluding hydrogens is 269 g/mol. The summed E-state index contributed by atoms with van der Waals surface area (Å²) in [6.45, 7) is 2.06. The van der Waals surface area contributed by atoms with Gasteiger partial charge in [-0.15, -0.1) is 0 Å². The van der Waals surface area contributed by atoms with Gasteiger partial charge in [0.15, 0.2) is 0 Å². The Morgan fingerprint density at radius 2 is 2.06 bits per heavy atom. The van der Waals surface area contributed by atoms with E-state index < -0.39 is 0 Å². The highest BCUT2D eigenvalue weighted by molar-refractivity contribution is 6.42. The molecule has 1 heterocycles. The molecule has 0 saturated carbocycles. The Morgan fingerprint density at radius 3 is 2.78 bits per heavy atom. The van der Waals surface area contributed by atoms with Crippen LogP contribution in [0.1, 0.15) is 19.3 Å². The summed E-state index contributed by atoms with van der Waals surface area (Å²) in [5.74, 6) is 0. The number of nitrogens with zero attached hydrogens (tertiary/aromatic N) is 1. The van der Waals surface area contributed by atoms with Crippen LogP contribution in [0.2, 0.25) is 10.0 Å². The highest BCUT2D eigenvalue weighted by atomic mass is 35.5. The van der Waals surface area contributed by atoms with E-state index >= 15 is 0 Å². The normalized spacial score (nSPS) is 20.9. The predicted octanol–water partition coefficient (Wildman–Crippen LogP) is 3.47. The molecule has 0 radical (unpaired) electrons. The molecule has 3 nitrogen and oxygen atoms in total. The van der Waals surface area contributed by atoms with E-state index in [1.807, 2.05) is 0 Å². The summed E-state index contributed by atoms with van der Waals surface area (Å²) in [7, 11) is 2.17. The fourth-order valence-corrected chi connectivity index (χ4v) is 2.68. The Morgan fingerprint density at radius 1 is 1.33 bits per heavy atom. The third-order valence-corrected chi connectivity index (χ3v) is 4.26. The van der Waals surface area contributed by atoms with Gasteiger partial charge in [0.05, 0.1) is 21.4 Å². The average Bonchev–Trinajstić information content (AvgIpc) is 2.34. The Bertz CT molecular complexity index is 423. The minimum Gasteiger partial charge on any atom is -0.397 e. The first-order chi connectivity index (χ1) is 8.58. The molecule has 0 spiro atoms. The molecule has 1 atom stereocenters. The number of nitrogens with two attached hydrogens (primary N) is 1. The van der Waals surface area contributed by atoms with E-state index in [-0.39, 0.29) is 0 Å². The van der Waals surface area contributed by atoms with E-state index in [2.05, 4.69) is 17.3 Å². The smallest absolute Gasteiger partial charge is 0.0614 e. The Labute approximate surface area is 118 Å². The van der Waals surface area contributed by atoms with Gasteiger partial charge in [-0.05, 0) is 38.6 Å². The van der Waals surface area contributed by atoms with E-state index in [4.69, 9.17) is 28.9 Å². The van der Waals surface area contributed by atoms with Crippen LogP contribution in [0, 0.1) is 0 Å². The van der Waals surface area contributed by atoms with Crippen molar-refractivity contribution in [1.82, 2.24) is 4.90 Å². The molecule has 0 amide bonds. The van der Waals surface area contributed by atoms with Gasteiger partial charge in [-0.3, -0.25) is 0 Å². The second-order valence-electron chi connectivity index (χ2n) is 4.86. The minimum atomic E-state index is 0.495. The second kappa shape index (κ2) is 6.00. The number of hydrogen-bond acceptors (Lipinski definition) is 3. The SMILES string of the molecule is CN1CCCCC1CNc1cc(Cl)c(Cl)cc1N. The van der Waals surface area contributed by atoms with Crippen LogP contribution in [0.5, 0.6) is 0 Å². The first-order valence-electron chi connectivity index (χ1n) is 6.26. The zero-order valence-electron chi connectivity index (χ0n) is 10.5. The molecule has 0 aliphatic carbocycles. The van der Waals surface area contributed by atoms with Gasteiger partial charge < -0.3 is 16.0 Å². The van der Waals surface area contributed by atoms with Crippen LogP contribution in [0.25, 0.3) is 0 Å². The van der Waals surface area contributed by atoms with Crippen molar-refractivity contribution in [2.24, 2.45) is 0 Å². The van der Waals surface area contributed by atoms with Crippen LogP contribution in [-0.4, -0.2) is 31.1 Å². The summed E-state index contributed by atoms with van der Waals surface area (Å²) < 4.78 is 0. The maximum Gasteiger partial charge on any atom is 0.0614 e. The lowest BCUT2D eigenvalue weighted by Crippen LogP contribution is -2.40. The average molecular weight is 288 g/mol. The molecular formula is C13H19Cl2N3. The van der Waals surface area contributed by atoms with E-state index in [9.17, 15) is 0 Å². The second-order valence-corrected chi connectivity index (χ2v) is 5.68. The molecule has 1 aromatic rings. The third-order valence-electron chi connectivity index (χ3n) is 3.54. The van der Waals surface area contributed by atoms with Gasteiger partial charge in [0.2, 0.25) is 0 Å². The monoisotopic (exact) mass is 287 g/mol. The molecule has 2 rings (SSSR count). The molecule has 3 N–H and O–H groups in total. The van der Waals surface area contributed by atoms with Crippen LogP contribution >= 0.6 is 23.2 Å². The minimum absolute atomic E-state index is 0.495. The van der Waals surface area contributed by atoms with Crippen molar-refractivity contribution in [3.63, 3.8) is 0 Å². The number of halogens is 2. The third kappa shape index (κ3) is 3.22. The molecule has 1 aliphatic heterocycles. The summed E-state index contributed by atoms with van der Waals surface area (Å²) in [5.41, 5.74) is 7.43. The molecule has 1 aliphatic rings. The topological polar surface area (TPSA) is 41.3 Å². The van der Waals surface area contributed by atoms with E-state index in [1.165, 1.54) is 25.8 Å². The number of likely N-dealkylation sites (N-methyl/N-ethyl adjacent to an activating group) is 1. The molecule has 1 aromatic carbocycles. The van der Waals surface area contributed by atoms with Gasteiger partial charge in [-0.25, -0.2) is 0 Å². The fraction of sp³-hybridized carbons (Fsp3) is 0.538. The number of likely N-dealkylation sites (tertiary alicyclic amines) is 1. The first kappa shape index (κ1) is 13.8. The highest BCUT2D eigenvalue weighted by Gasteiger charge is 2.18. The van der Waals surface area contributed by atoms with Gasteiger partial charge in [0, 0.05) is 12.6 Å². The fourth-order valence-electron chi connectivity index (χ4n) is 2.35. The lowest BCUT2D eigenvalue weighted by molar-refractivity contribution is 0.194. The number of hydrogen-bond donors (Lipinski definition) is 2. The summed E-state index contributed by atoms with van der Waals surface area (Å²) in [4.78, 5) is 2.39. The lowest BCUT2D eigenvalue weighted by atomic mass is 10.0. The van der Waals surface area contributed by atoms with Crippen LogP contribution in [0.15, 0.2) is 12.1 Å². The standard InChI is InChI=1S/C13H19Cl2N3/c1-18-5-3-2-4-9(18)8-17-13-7-11(15)10(14)6-12(13)16/h6-7,9,17H,2-5,8,16H2,1H3. The number of nitrogens with one attached hydrogen (secondary N) is 1. The van der Waals surface area contributed by atoms with Gasteiger partial charge >= 0.3 is 0 Å². The summed E-state index contributed by atoms with van der Waals surface area (Å²) in [6, 6.07) is 4.05. The van der Waals surface area contributed by atoms with Gasteiger partial charge in [0.25, 0.3) is 0 Å². The Balaban J connectivity index is 1.99. The predicted molar refractivity (Wildman–Crippen MR) is 79.6 cm³/mol. The largest absolute Gasteiger partial charge is 0.397 e. The molecule has 18 heavy (non-hydrogen) atoms. The molecule has 5 heteroatoms. The summed E-state index contributed by atoms with van der Waals surface area (Å²) >= 11 is 11.9. The first-order valence-corrected chi connectivity index (χ1v) is 7.02. The number of piperidine rings is 1. The van der Waals surface area contributed by atoms with Crippen molar-refractivity contribution in [1.29, 1.82) is 0 Å². The zero-order valence-corrected chi connectivity index (χ0v) is 12.1. The maximum atomic E-state index is 6.00. The Kier molecular flexibility index (Phi) is 4.60. The van der Waals surface area contributed by atoms with E-state index in [0.29, 0.717) is 21.8 Å². The lowest BCUT2D eigenvalue weighted by Gasteiger charge is -2.32.